The first-order valence-corrected chi connectivity index (χ1v) is 9.72. The molecule has 1 saturated carbocycles. The topological polar surface area (TPSA) is 32.3 Å². The highest BCUT2D eigenvalue weighted by Gasteiger charge is 2.24. The molecule has 1 aliphatic rings. The summed E-state index contributed by atoms with van der Waals surface area (Å²) in [5.41, 5.74) is 3.48. The van der Waals surface area contributed by atoms with Crippen LogP contribution in [0.4, 0.5) is 11.4 Å². The van der Waals surface area contributed by atoms with Crippen LogP contribution >= 0.6 is 11.6 Å². The van der Waals surface area contributed by atoms with Gasteiger partial charge in [0.15, 0.2) is 0 Å². The second-order valence-electron chi connectivity index (χ2n) is 7.46. The van der Waals surface area contributed by atoms with Crippen molar-refractivity contribution in [2.75, 3.05) is 24.3 Å². The van der Waals surface area contributed by atoms with Crippen LogP contribution in [0.25, 0.3) is 0 Å². The fraction of sp³-hybridized carbons (Fsp3) is 0.409. The first kappa shape index (κ1) is 18.8. The van der Waals surface area contributed by atoms with Crippen molar-refractivity contribution in [2.45, 2.75) is 38.0 Å². The summed E-state index contributed by atoms with van der Waals surface area (Å²) >= 11 is 5.88. The Hall–Kier alpha value is -2.00. The van der Waals surface area contributed by atoms with Crippen molar-refractivity contribution in [1.29, 1.82) is 0 Å². The van der Waals surface area contributed by atoms with E-state index in [1.54, 1.807) is 12.1 Å². The van der Waals surface area contributed by atoms with E-state index >= 15 is 0 Å². The van der Waals surface area contributed by atoms with Crippen molar-refractivity contribution in [3.8, 4) is 0 Å². The molecule has 0 atom stereocenters. The summed E-state index contributed by atoms with van der Waals surface area (Å²) < 4.78 is 0. The lowest BCUT2D eigenvalue weighted by molar-refractivity contribution is -0.117. The van der Waals surface area contributed by atoms with E-state index in [1.165, 1.54) is 24.1 Å². The van der Waals surface area contributed by atoms with Gasteiger partial charge in [-0.05, 0) is 79.5 Å². The lowest BCUT2D eigenvalue weighted by atomic mass is 9.77. The van der Waals surface area contributed by atoms with Gasteiger partial charge in [-0.15, -0.1) is 0 Å². The number of amides is 1. The highest BCUT2D eigenvalue weighted by atomic mass is 35.5. The lowest BCUT2D eigenvalue weighted by Gasteiger charge is -2.28. The monoisotopic (exact) mass is 370 g/mol. The molecule has 1 aliphatic carbocycles. The van der Waals surface area contributed by atoms with Gasteiger partial charge in [0.1, 0.15) is 0 Å². The first-order valence-electron chi connectivity index (χ1n) is 9.34. The normalized spacial score (nSPS) is 19.8. The zero-order valence-electron chi connectivity index (χ0n) is 15.5. The van der Waals surface area contributed by atoms with Crippen LogP contribution in [0.2, 0.25) is 5.02 Å². The standard InChI is InChI=1S/C22H27ClN2O/c1-25(2)21-13-7-18(8-14-21)17-5-3-16(4-6-17)15-22(26)24-20-11-9-19(23)10-12-20/h7-14,16-17H,3-6,15H2,1-2H3,(H,24,26). The summed E-state index contributed by atoms with van der Waals surface area (Å²) in [6, 6.07) is 16.2. The Morgan fingerprint density at radius 3 is 2.19 bits per heavy atom. The van der Waals surface area contributed by atoms with E-state index in [0.29, 0.717) is 23.3 Å². The van der Waals surface area contributed by atoms with Crippen molar-refractivity contribution in [3.63, 3.8) is 0 Å². The highest BCUT2D eigenvalue weighted by molar-refractivity contribution is 6.30. The third-order valence-electron chi connectivity index (χ3n) is 5.33. The van der Waals surface area contributed by atoms with Crippen LogP contribution in [-0.2, 0) is 4.79 Å². The molecule has 138 valence electrons. The zero-order valence-corrected chi connectivity index (χ0v) is 16.3. The van der Waals surface area contributed by atoms with E-state index in [2.05, 4.69) is 48.6 Å². The van der Waals surface area contributed by atoms with Crippen LogP contribution in [0.1, 0.15) is 43.6 Å². The molecule has 4 heteroatoms. The van der Waals surface area contributed by atoms with E-state index in [0.717, 1.165) is 18.5 Å². The average Bonchev–Trinajstić information content (AvgIpc) is 2.64. The molecule has 2 aromatic rings. The average molecular weight is 371 g/mol. The van der Waals surface area contributed by atoms with Crippen LogP contribution in [0, 0.1) is 5.92 Å². The molecule has 0 saturated heterocycles. The van der Waals surface area contributed by atoms with Crippen molar-refractivity contribution >= 4 is 28.9 Å². The summed E-state index contributed by atoms with van der Waals surface area (Å²) in [5, 5.41) is 3.65. The predicted molar refractivity (Wildman–Crippen MR) is 110 cm³/mol. The first-order chi connectivity index (χ1) is 12.5. The Balaban J connectivity index is 1.47. The lowest BCUT2D eigenvalue weighted by Crippen LogP contribution is -2.20. The highest BCUT2D eigenvalue weighted by Crippen LogP contribution is 2.37. The van der Waals surface area contributed by atoms with Crippen LogP contribution < -0.4 is 10.2 Å². The van der Waals surface area contributed by atoms with E-state index in [9.17, 15) is 4.79 Å². The van der Waals surface area contributed by atoms with Crippen molar-refractivity contribution in [3.05, 3.63) is 59.1 Å². The van der Waals surface area contributed by atoms with E-state index in [-0.39, 0.29) is 5.91 Å². The molecular formula is C22H27ClN2O. The third kappa shape index (κ3) is 5.01. The number of carbonyl (C=O) groups is 1. The smallest absolute Gasteiger partial charge is 0.224 e. The Bertz CT molecular complexity index is 717. The van der Waals surface area contributed by atoms with Gasteiger partial charge in [-0.2, -0.15) is 0 Å². The molecule has 0 radical (unpaired) electrons. The maximum absolute atomic E-state index is 12.3. The molecule has 0 spiro atoms. The summed E-state index contributed by atoms with van der Waals surface area (Å²) in [5.74, 6) is 1.22. The molecule has 0 aromatic heterocycles. The van der Waals surface area contributed by atoms with Gasteiger partial charge >= 0.3 is 0 Å². The fourth-order valence-corrected chi connectivity index (χ4v) is 3.88. The van der Waals surface area contributed by atoms with Gasteiger partial charge < -0.3 is 10.2 Å². The Labute approximate surface area is 161 Å². The van der Waals surface area contributed by atoms with Gasteiger partial charge in [0.05, 0.1) is 0 Å². The summed E-state index contributed by atoms with van der Waals surface area (Å²) in [6.45, 7) is 0. The minimum atomic E-state index is 0.103. The number of hydrogen-bond acceptors (Lipinski definition) is 2. The third-order valence-corrected chi connectivity index (χ3v) is 5.58. The van der Waals surface area contributed by atoms with Crippen LogP contribution in [0.3, 0.4) is 0 Å². The van der Waals surface area contributed by atoms with Crippen LogP contribution in [-0.4, -0.2) is 20.0 Å². The number of carbonyl (C=O) groups excluding carboxylic acids is 1. The fourth-order valence-electron chi connectivity index (χ4n) is 3.75. The molecule has 3 nitrogen and oxygen atoms in total. The van der Waals surface area contributed by atoms with Crippen LogP contribution in [0.5, 0.6) is 0 Å². The molecule has 0 unspecified atom stereocenters. The van der Waals surface area contributed by atoms with Gasteiger partial charge in [0.25, 0.3) is 0 Å². The Morgan fingerprint density at radius 1 is 1.00 bits per heavy atom. The van der Waals surface area contributed by atoms with Gasteiger partial charge in [0, 0.05) is 36.9 Å². The van der Waals surface area contributed by atoms with Crippen molar-refractivity contribution in [1.82, 2.24) is 0 Å². The van der Waals surface area contributed by atoms with E-state index < -0.39 is 0 Å². The molecule has 1 N–H and O–H groups in total. The maximum atomic E-state index is 12.3. The molecule has 26 heavy (non-hydrogen) atoms. The molecule has 3 rings (SSSR count). The molecule has 1 fully saturated rings. The number of nitrogens with zero attached hydrogens (tertiary/aromatic N) is 1. The predicted octanol–water partition coefficient (Wildman–Crippen LogP) is 5.71. The number of nitrogens with one attached hydrogen (secondary N) is 1. The molecular weight excluding hydrogens is 344 g/mol. The zero-order chi connectivity index (χ0) is 18.5. The van der Waals surface area contributed by atoms with Crippen molar-refractivity contribution < 1.29 is 4.79 Å². The van der Waals surface area contributed by atoms with Gasteiger partial charge in [-0.3, -0.25) is 4.79 Å². The van der Waals surface area contributed by atoms with E-state index in [4.69, 9.17) is 11.6 Å². The quantitative estimate of drug-likeness (QED) is 0.731. The molecule has 0 aliphatic heterocycles. The SMILES string of the molecule is CN(C)c1ccc(C2CCC(CC(=O)Nc3ccc(Cl)cc3)CC2)cc1. The summed E-state index contributed by atoms with van der Waals surface area (Å²) in [7, 11) is 4.13. The largest absolute Gasteiger partial charge is 0.378 e. The summed E-state index contributed by atoms with van der Waals surface area (Å²) in [4.78, 5) is 14.4. The van der Waals surface area contributed by atoms with Crippen molar-refractivity contribution in [2.24, 2.45) is 5.92 Å². The number of rotatable bonds is 5. The number of halogens is 1. The number of anilines is 2. The second kappa shape index (κ2) is 8.59. The number of benzene rings is 2. The minimum absolute atomic E-state index is 0.103. The molecule has 0 heterocycles. The second-order valence-corrected chi connectivity index (χ2v) is 7.90. The Kier molecular flexibility index (Phi) is 6.20. The Morgan fingerprint density at radius 2 is 1.62 bits per heavy atom. The van der Waals surface area contributed by atoms with E-state index in [1.807, 2.05) is 12.1 Å². The molecule has 1 amide bonds. The summed E-state index contributed by atoms with van der Waals surface area (Å²) in [6.07, 6.45) is 5.18. The molecule has 2 aromatic carbocycles. The van der Waals surface area contributed by atoms with Gasteiger partial charge in [0.2, 0.25) is 5.91 Å². The number of hydrogen-bond donors (Lipinski definition) is 1. The van der Waals surface area contributed by atoms with Gasteiger partial charge in [-0.1, -0.05) is 23.7 Å². The van der Waals surface area contributed by atoms with Gasteiger partial charge in [-0.25, -0.2) is 0 Å². The van der Waals surface area contributed by atoms with Crippen LogP contribution in [0.15, 0.2) is 48.5 Å². The minimum Gasteiger partial charge on any atom is -0.378 e. The molecule has 0 bridgehead atoms. The maximum Gasteiger partial charge on any atom is 0.224 e.